The van der Waals surface area contributed by atoms with Crippen LogP contribution in [0.1, 0.15) is 18.4 Å². The van der Waals surface area contributed by atoms with Crippen molar-refractivity contribution in [2.75, 3.05) is 0 Å². The van der Waals surface area contributed by atoms with Gasteiger partial charge in [-0.3, -0.25) is 14.9 Å². The summed E-state index contributed by atoms with van der Waals surface area (Å²) in [4.78, 5) is 20.3. The molecular weight excluding hydrogens is 202 g/mol. The van der Waals surface area contributed by atoms with Crippen molar-refractivity contribution in [3.8, 4) is 5.75 Å². The number of phenols is 1. The summed E-state index contributed by atoms with van der Waals surface area (Å²) in [5, 5.41) is 28.3. The van der Waals surface area contributed by atoms with Crippen LogP contribution in [0.2, 0.25) is 0 Å². The summed E-state index contributed by atoms with van der Waals surface area (Å²) < 4.78 is 0. The Morgan fingerprint density at radius 2 is 2.13 bits per heavy atom. The standard InChI is InChI=1S/C9H9NO5/c1-5(9(12)13)6-2-3-8(11)7(4-6)10(14)15/h2-5,11H,1H3,(H,12,13)/t5-/m0/s1. The minimum absolute atomic E-state index is 0.284. The molecule has 6 heteroatoms. The van der Waals surface area contributed by atoms with E-state index in [1.165, 1.54) is 13.0 Å². The molecule has 0 spiro atoms. The van der Waals surface area contributed by atoms with Gasteiger partial charge < -0.3 is 10.2 Å². The van der Waals surface area contributed by atoms with Crippen LogP contribution in [0.5, 0.6) is 5.75 Å². The summed E-state index contributed by atoms with van der Waals surface area (Å²) in [6.07, 6.45) is 0. The first-order chi connectivity index (χ1) is 6.93. The van der Waals surface area contributed by atoms with Crippen LogP contribution in [-0.2, 0) is 4.79 Å². The maximum Gasteiger partial charge on any atom is 0.310 e. The van der Waals surface area contributed by atoms with E-state index in [-0.39, 0.29) is 5.56 Å². The first kappa shape index (κ1) is 11.0. The monoisotopic (exact) mass is 211 g/mol. The van der Waals surface area contributed by atoms with Crippen molar-refractivity contribution in [1.82, 2.24) is 0 Å². The number of phenolic OH excluding ortho intramolecular Hbond substituents is 1. The molecule has 0 fully saturated rings. The third-order valence-electron chi connectivity index (χ3n) is 2.07. The maximum atomic E-state index is 10.6. The molecule has 0 unspecified atom stereocenters. The number of carboxylic acids is 1. The molecule has 1 aromatic carbocycles. The van der Waals surface area contributed by atoms with Gasteiger partial charge in [0.1, 0.15) is 0 Å². The molecule has 1 aromatic rings. The molecule has 80 valence electrons. The number of nitro benzene ring substituents is 1. The Hall–Kier alpha value is -2.11. The van der Waals surface area contributed by atoms with Gasteiger partial charge in [0, 0.05) is 6.07 Å². The van der Waals surface area contributed by atoms with Crippen LogP contribution in [-0.4, -0.2) is 21.1 Å². The number of benzene rings is 1. The molecule has 0 amide bonds. The van der Waals surface area contributed by atoms with Crippen molar-refractivity contribution in [2.45, 2.75) is 12.8 Å². The Morgan fingerprint density at radius 1 is 1.53 bits per heavy atom. The van der Waals surface area contributed by atoms with Crippen molar-refractivity contribution in [3.05, 3.63) is 33.9 Å². The zero-order chi connectivity index (χ0) is 11.6. The van der Waals surface area contributed by atoms with Gasteiger partial charge >= 0.3 is 11.7 Å². The number of nitrogens with zero attached hydrogens (tertiary/aromatic N) is 1. The lowest BCUT2D eigenvalue weighted by atomic mass is 10.0. The van der Waals surface area contributed by atoms with Crippen LogP contribution >= 0.6 is 0 Å². The number of carboxylic acid groups (broad SMARTS) is 1. The average Bonchev–Trinajstić information content (AvgIpc) is 2.16. The number of hydrogen-bond acceptors (Lipinski definition) is 4. The van der Waals surface area contributed by atoms with Gasteiger partial charge in [0.15, 0.2) is 5.75 Å². The number of rotatable bonds is 3. The summed E-state index contributed by atoms with van der Waals surface area (Å²) in [6, 6.07) is 3.53. The Morgan fingerprint density at radius 3 is 2.60 bits per heavy atom. The highest BCUT2D eigenvalue weighted by Crippen LogP contribution is 2.29. The smallest absolute Gasteiger partial charge is 0.310 e. The molecule has 0 saturated heterocycles. The van der Waals surface area contributed by atoms with E-state index in [2.05, 4.69) is 0 Å². The summed E-state index contributed by atoms with van der Waals surface area (Å²) in [7, 11) is 0. The van der Waals surface area contributed by atoms with E-state index in [1.54, 1.807) is 0 Å². The minimum Gasteiger partial charge on any atom is -0.502 e. The molecule has 1 rings (SSSR count). The zero-order valence-corrected chi connectivity index (χ0v) is 7.88. The van der Waals surface area contributed by atoms with Gasteiger partial charge in [-0.15, -0.1) is 0 Å². The van der Waals surface area contributed by atoms with E-state index in [1.807, 2.05) is 0 Å². The first-order valence-electron chi connectivity index (χ1n) is 4.13. The lowest BCUT2D eigenvalue weighted by Crippen LogP contribution is -2.07. The lowest BCUT2D eigenvalue weighted by Gasteiger charge is -2.06. The van der Waals surface area contributed by atoms with E-state index in [0.717, 1.165) is 12.1 Å². The molecule has 1 atom stereocenters. The van der Waals surface area contributed by atoms with Crippen molar-refractivity contribution in [3.63, 3.8) is 0 Å². The predicted molar refractivity (Wildman–Crippen MR) is 50.8 cm³/mol. The van der Waals surface area contributed by atoms with Gasteiger partial charge in [-0.1, -0.05) is 6.07 Å². The van der Waals surface area contributed by atoms with Crippen LogP contribution in [0, 0.1) is 10.1 Å². The Kier molecular flexibility index (Phi) is 2.89. The average molecular weight is 211 g/mol. The Balaban J connectivity index is 3.18. The van der Waals surface area contributed by atoms with Crippen molar-refractivity contribution in [2.24, 2.45) is 0 Å². The molecule has 2 N–H and O–H groups in total. The summed E-state index contributed by atoms with van der Waals surface area (Å²) in [5.41, 5.74) is -0.201. The number of nitro groups is 1. The minimum atomic E-state index is -1.07. The normalized spacial score (nSPS) is 12.1. The highest BCUT2D eigenvalue weighted by molar-refractivity contribution is 5.76. The van der Waals surface area contributed by atoms with Gasteiger partial charge in [0.2, 0.25) is 0 Å². The number of aliphatic carboxylic acids is 1. The predicted octanol–water partition coefficient (Wildman–Crippen LogP) is 1.49. The van der Waals surface area contributed by atoms with Gasteiger partial charge in [-0.2, -0.15) is 0 Å². The van der Waals surface area contributed by atoms with Crippen LogP contribution in [0.15, 0.2) is 18.2 Å². The quantitative estimate of drug-likeness (QED) is 0.582. The van der Waals surface area contributed by atoms with Crippen LogP contribution < -0.4 is 0 Å². The molecule has 0 saturated carbocycles. The highest BCUT2D eigenvalue weighted by atomic mass is 16.6. The highest BCUT2D eigenvalue weighted by Gasteiger charge is 2.19. The van der Waals surface area contributed by atoms with E-state index >= 15 is 0 Å². The molecule has 6 nitrogen and oxygen atoms in total. The number of aromatic hydroxyl groups is 1. The second-order valence-electron chi connectivity index (χ2n) is 3.07. The lowest BCUT2D eigenvalue weighted by molar-refractivity contribution is -0.385. The number of carbonyl (C=O) groups is 1. The second-order valence-corrected chi connectivity index (χ2v) is 3.07. The van der Waals surface area contributed by atoms with E-state index in [9.17, 15) is 14.9 Å². The topological polar surface area (TPSA) is 101 Å². The summed E-state index contributed by atoms with van der Waals surface area (Å²) in [5.74, 6) is -2.39. The largest absolute Gasteiger partial charge is 0.502 e. The van der Waals surface area contributed by atoms with Gasteiger partial charge in [-0.25, -0.2) is 0 Å². The van der Waals surface area contributed by atoms with Crippen LogP contribution in [0.4, 0.5) is 5.69 Å². The van der Waals surface area contributed by atoms with Gasteiger partial charge in [0.05, 0.1) is 10.8 Å². The molecule has 0 bridgehead atoms. The van der Waals surface area contributed by atoms with Crippen molar-refractivity contribution < 1.29 is 19.9 Å². The summed E-state index contributed by atoms with van der Waals surface area (Å²) >= 11 is 0. The van der Waals surface area contributed by atoms with Crippen molar-refractivity contribution >= 4 is 11.7 Å². The molecule has 0 aliphatic carbocycles. The maximum absolute atomic E-state index is 10.6. The molecular formula is C9H9NO5. The van der Waals surface area contributed by atoms with Crippen LogP contribution in [0.3, 0.4) is 0 Å². The zero-order valence-electron chi connectivity index (χ0n) is 7.88. The molecule has 15 heavy (non-hydrogen) atoms. The molecule has 0 aromatic heterocycles. The Bertz CT molecular complexity index is 415. The number of hydrogen-bond donors (Lipinski definition) is 2. The van der Waals surface area contributed by atoms with E-state index < -0.39 is 28.2 Å². The van der Waals surface area contributed by atoms with Crippen molar-refractivity contribution in [1.29, 1.82) is 0 Å². The molecule has 0 heterocycles. The third kappa shape index (κ3) is 2.22. The van der Waals surface area contributed by atoms with E-state index in [4.69, 9.17) is 10.2 Å². The first-order valence-corrected chi connectivity index (χ1v) is 4.13. The SMILES string of the molecule is C[C@H](C(=O)O)c1ccc(O)c([N+](=O)[O-])c1. The van der Waals surface area contributed by atoms with E-state index in [0.29, 0.717) is 0 Å². The molecule has 0 aliphatic rings. The molecule has 0 aliphatic heterocycles. The van der Waals surface area contributed by atoms with Gasteiger partial charge in [-0.05, 0) is 18.6 Å². The fraction of sp³-hybridized carbons (Fsp3) is 0.222. The second kappa shape index (κ2) is 3.95. The third-order valence-corrected chi connectivity index (χ3v) is 2.07. The van der Waals surface area contributed by atoms with Crippen LogP contribution in [0.25, 0.3) is 0 Å². The fourth-order valence-electron chi connectivity index (χ4n) is 1.10. The van der Waals surface area contributed by atoms with Gasteiger partial charge in [0.25, 0.3) is 0 Å². The fourth-order valence-corrected chi connectivity index (χ4v) is 1.10. The molecule has 0 radical (unpaired) electrons. The summed E-state index contributed by atoms with van der Waals surface area (Å²) in [6.45, 7) is 1.42. The Labute approximate surface area is 84.9 Å².